The van der Waals surface area contributed by atoms with E-state index in [4.69, 9.17) is 5.11 Å². The van der Waals surface area contributed by atoms with Crippen LogP contribution in [-0.2, 0) is 0 Å². The van der Waals surface area contributed by atoms with Gasteiger partial charge >= 0.3 is 0 Å². The third kappa shape index (κ3) is 3.84. The summed E-state index contributed by atoms with van der Waals surface area (Å²) in [6.07, 6.45) is -1.09. The fourth-order valence-corrected chi connectivity index (χ4v) is 0. The van der Waals surface area contributed by atoms with Gasteiger partial charge in [0.25, 0.3) is 0 Å². The van der Waals surface area contributed by atoms with Gasteiger partial charge in [-0.3, -0.25) is 11.6 Å². The highest BCUT2D eigenvalue weighted by molar-refractivity contribution is 4.20. The summed E-state index contributed by atoms with van der Waals surface area (Å²) in [4.78, 5) is 0. The van der Waals surface area contributed by atoms with Gasteiger partial charge in [-0.05, 0) is 0 Å². The van der Waals surface area contributed by atoms with Crippen LogP contribution in [-0.4, -0.2) is 11.5 Å². The van der Waals surface area contributed by atoms with E-state index in [2.05, 4.69) is 11.6 Å². The van der Waals surface area contributed by atoms with Crippen molar-refractivity contribution in [1.29, 1.82) is 0 Å². The van der Waals surface area contributed by atoms with Gasteiger partial charge < -0.3 is 5.11 Å². The first kappa shape index (κ1) is 4.84. The molecule has 1 unspecified atom stereocenters. The van der Waals surface area contributed by atoms with E-state index in [0.717, 1.165) is 0 Å². The maximum atomic E-state index is 7.90. The average Bonchev–Trinajstić information content (AvgIpc) is 1.38. The largest absolute Gasteiger partial charge is 0.365 e. The van der Waals surface area contributed by atoms with Gasteiger partial charge in [0, 0.05) is 0 Å². The Morgan fingerprint density at radius 3 is 2.00 bits per heavy atom. The summed E-state index contributed by atoms with van der Waals surface area (Å²) in [5, 5.41) is 7.90. The Hall–Kier alpha value is -0.160. The Morgan fingerprint density at radius 2 is 2.00 bits per heavy atom. The van der Waals surface area contributed by atoms with Crippen molar-refractivity contribution in [3.8, 4) is 0 Å². The van der Waals surface area contributed by atoms with Gasteiger partial charge in [-0.15, -0.1) is 0 Å². The number of hydrogen-bond acceptors (Lipinski definition) is 4. The Balaban J connectivity index is 2.54. The van der Waals surface area contributed by atoms with Crippen molar-refractivity contribution < 1.29 is 5.11 Å². The SMILES string of the molecule is NNC(N)O. The number of hydrazine groups is 1. The lowest BCUT2D eigenvalue weighted by Crippen LogP contribution is -2.41. The van der Waals surface area contributed by atoms with Gasteiger partial charge in [0.1, 0.15) is 0 Å². The molecule has 0 heterocycles. The molecule has 0 aliphatic heterocycles. The van der Waals surface area contributed by atoms with Crippen molar-refractivity contribution >= 4 is 0 Å². The van der Waals surface area contributed by atoms with Crippen molar-refractivity contribution in [1.82, 2.24) is 5.43 Å². The number of rotatable bonds is 1. The summed E-state index contributed by atoms with van der Waals surface area (Å²) in [5.74, 6) is 4.55. The van der Waals surface area contributed by atoms with Crippen LogP contribution in [0.25, 0.3) is 0 Å². The third-order valence-corrected chi connectivity index (χ3v) is 0.171. The van der Waals surface area contributed by atoms with Crippen LogP contribution in [0.4, 0.5) is 0 Å². The summed E-state index contributed by atoms with van der Waals surface area (Å²) in [7, 11) is 0. The number of hydrogen-bond donors (Lipinski definition) is 4. The molecule has 1 atom stereocenters. The lowest BCUT2D eigenvalue weighted by Gasteiger charge is -1.95. The smallest absolute Gasteiger partial charge is 0.170 e. The lowest BCUT2D eigenvalue weighted by molar-refractivity contribution is 0.145. The molecule has 0 spiro atoms. The maximum absolute atomic E-state index is 7.90. The molecule has 0 aliphatic rings. The summed E-state index contributed by atoms with van der Waals surface area (Å²) < 4.78 is 0. The minimum Gasteiger partial charge on any atom is -0.365 e. The first-order valence-electron chi connectivity index (χ1n) is 1.17. The molecule has 4 heteroatoms. The summed E-state index contributed by atoms with van der Waals surface area (Å²) in [6, 6.07) is 0. The highest BCUT2D eigenvalue weighted by Gasteiger charge is 1.78. The number of nitrogens with two attached hydrogens (primary N) is 2. The minimum absolute atomic E-state index is 1.09. The molecule has 0 aromatic heterocycles. The molecule has 0 amide bonds. The zero-order valence-electron chi connectivity index (χ0n) is 2.68. The van der Waals surface area contributed by atoms with E-state index in [1.165, 1.54) is 0 Å². The fraction of sp³-hybridized carbons (Fsp3) is 1.00. The Bertz CT molecular complexity index is 20.9. The molecule has 0 bridgehead atoms. The molecule has 0 fully saturated rings. The maximum Gasteiger partial charge on any atom is 0.170 e. The predicted molar refractivity (Wildman–Crippen MR) is 17.5 cm³/mol. The fourth-order valence-electron chi connectivity index (χ4n) is 0. The second kappa shape index (κ2) is 2.10. The molecule has 0 saturated carbocycles. The molecule has 6 N–H and O–H groups in total. The molecule has 32 valence electrons. The number of aliphatic hydroxyl groups excluding tert-OH is 1. The van der Waals surface area contributed by atoms with Gasteiger partial charge in [0.2, 0.25) is 0 Å². The molecule has 0 saturated heterocycles. The molecule has 0 aromatic carbocycles. The van der Waals surface area contributed by atoms with Crippen LogP contribution < -0.4 is 17.0 Å². The van der Waals surface area contributed by atoms with Crippen LogP contribution >= 0.6 is 0 Å². The van der Waals surface area contributed by atoms with Crippen LogP contribution in [0.5, 0.6) is 0 Å². The summed E-state index contributed by atoms with van der Waals surface area (Å²) in [6.45, 7) is 0. The van der Waals surface area contributed by atoms with Crippen LogP contribution in [0.15, 0.2) is 0 Å². The standard InChI is InChI=1S/CH7N3O/c2-1(5)4-3/h1,4-5H,2-3H2. The molecule has 4 nitrogen and oxygen atoms in total. The van der Waals surface area contributed by atoms with E-state index in [-0.39, 0.29) is 0 Å². The first-order valence-corrected chi connectivity index (χ1v) is 1.17. The van der Waals surface area contributed by atoms with Crippen LogP contribution in [0, 0.1) is 0 Å². The second-order valence-electron chi connectivity index (χ2n) is 0.612. The van der Waals surface area contributed by atoms with E-state index < -0.39 is 6.35 Å². The highest BCUT2D eigenvalue weighted by atomic mass is 16.3. The molecule has 0 rings (SSSR count). The summed E-state index contributed by atoms with van der Waals surface area (Å²) >= 11 is 0. The second-order valence-corrected chi connectivity index (χ2v) is 0.612. The minimum atomic E-state index is -1.09. The van der Waals surface area contributed by atoms with Crippen molar-refractivity contribution in [2.45, 2.75) is 6.35 Å². The van der Waals surface area contributed by atoms with E-state index in [0.29, 0.717) is 0 Å². The zero-order chi connectivity index (χ0) is 4.28. The Kier molecular flexibility index (Phi) is 2.03. The van der Waals surface area contributed by atoms with Gasteiger partial charge in [0.15, 0.2) is 6.35 Å². The number of aliphatic hydroxyl groups is 1. The van der Waals surface area contributed by atoms with Gasteiger partial charge in [-0.25, -0.2) is 5.43 Å². The predicted octanol–water partition coefficient (Wildman–Crippen LogP) is -2.32. The lowest BCUT2D eigenvalue weighted by atomic mass is 11.1. The normalized spacial score (nSPS) is 15.0. The van der Waals surface area contributed by atoms with Crippen molar-refractivity contribution in [2.75, 3.05) is 0 Å². The summed E-state index contributed by atoms with van der Waals surface area (Å²) in [5.41, 5.74) is 6.47. The Morgan fingerprint density at radius 1 is 1.80 bits per heavy atom. The molecular formula is CH7N3O. The monoisotopic (exact) mass is 77.1 g/mol. The van der Waals surface area contributed by atoms with Gasteiger partial charge in [0.05, 0.1) is 0 Å². The van der Waals surface area contributed by atoms with E-state index in [1.807, 2.05) is 5.43 Å². The third-order valence-electron chi connectivity index (χ3n) is 0.171. The molecule has 0 aromatic rings. The van der Waals surface area contributed by atoms with Gasteiger partial charge in [-0.1, -0.05) is 0 Å². The van der Waals surface area contributed by atoms with E-state index >= 15 is 0 Å². The quantitative estimate of drug-likeness (QED) is 0.161. The topological polar surface area (TPSA) is 84.3 Å². The average molecular weight is 77.1 g/mol. The van der Waals surface area contributed by atoms with Crippen LogP contribution in [0.1, 0.15) is 0 Å². The molecule has 0 radical (unpaired) electrons. The van der Waals surface area contributed by atoms with Gasteiger partial charge in [-0.2, -0.15) is 0 Å². The highest BCUT2D eigenvalue weighted by Crippen LogP contribution is 1.40. The van der Waals surface area contributed by atoms with E-state index in [1.54, 1.807) is 0 Å². The molecular weight excluding hydrogens is 70.0 g/mol. The molecule has 5 heavy (non-hydrogen) atoms. The van der Waals surface area contributed by atoms with Crippen molar-refractivity contribution in [2.24, 2.45) is 11.6 Å². The molecule has 0 aliphatic carbocycles. The Labute approximate surface area is 29.7 Å². The first-order chi connectivity index (χ1) is 2.27. The van der Waals surface area contributed by atoms with Crippen LogP contribution in [0.2, 0.25) is 0 Å². The number of nitrogens with one attached hydrogen (secondary N) is 1. The van der Waals surface area contributed by atoms with Crippen molar-refractivity contribution in [3.63, 3.8) is 0 Å². The zero-order valence-corrected chi connectivity index (χ0v) is 2.68. The van der Waals surface area contributed by atoms with Crippen LogP contribution in [0.3, 0.4) is 0 Å². The van der Waals surface area contributed by atoms with E-state index in [9.17, 15) is 0 Å². The van der Waals surface area contributed by atoms with Crippen molar-refractivity contribution in [3.05, 3.63) is 0 Å².